The highest BCUT2D eigenvalue weighted by molar-refractivity contribution is 4.84. The first kappa shape index (κ1) is 13.1. The van der Waals surface area contributed by atoms with Gasteiger partial charge >= 0.3 is 0 Å². The van der Waals surface area contributed by atoms with Crippen LogP contribution in [0.5, 0.6) is 0 Å². The van der Waals surface area contributed by atoms with E-state index in [2.05, 4.69) is 15.5 Å². The van der Waals surface area contributed by atoms with Crippen LogP contribution in [0, 0.1) is 0 Å². The third kappa shape index (κ3) is 4.26. The predicted molar refractivity (Wildman–Crippen MR) is 61.8 cm³/mol. The number of methoxy groups -OCH3 is 1. The van der Waals surface area contributed by atoms with Gasteiger partial charge in [-0.25, -0.2) is 0 Å². The molecule has 1 rings (SSSR count). The molecule has 0 saturated heterocycles. The van der Waals surface area contributed by atoms with Crippen molar-refractivity contribution in [2.24, 2.45) is 12.8 Å². The molecule has 16 heavy (non-hydrogen) atoms. The van der Waals surface area contributed by atoms with Gasteiger partial charge < -0.3 is 20.4 Å². The SMILES string of the molecule is COCC(CCCN)NCc1nncn1C. The Labute approximate surface area is 96.2 Å². The summed E-state index contributed by atoms with van der Waals surface area (Å²) in [7, 11) is 3.64. The molecule has 1 atom stereocenters. The Morgan fingerprint density at radius 3 is 3.00 bits per heavy atom. The fraction of sp³-hybridized carbons (Fsp3) is 0.800. The van der Waals surface area contributed by atoms with Gasteiger partial charge in [-0.15, -0.1) is 10.2 Å². The molecule has 0 fully saturated rings. The van der Waals surface area contributed by atoms with Crippen molar-refractivity contribution in [2.45, 2.75) is 25.4 Å². The molecule has 6 heteroatoms. The van der Waals surface area contributed by atoms with E-state index in [9.17, 15) is 0 Å². The van der Waals surface area contributed by atoms with E-state index in [0.29, 0.717) is 25.7 Å². The van der Waals surface area contributed by atoms with Crippen LogP contribution in [0.25, 0.3) is 0 Å². The van der Waals surface area contributed by atoms with E-state index in [1.807, 2.05) is 11.6 Å². The average Bonchev–Trinajstić information content (AvgIpc) is 2.68. The largest absolute Gasteiger partial charge is 0.383 e. The summed E-state index contributed by atoms with van der Waals surface area (Å²) < 4.78 is 7.06. The smallest absolute Gasteiger partial charge is 0.146 e. The van der Waals surface area contributed by atoms with Crippen LogP contribution in [0.3, 0.4) is 0 Å². The van der Waals surface area contributed by atoms with E-state index in [0.717, 1.165) is 18.7 Å². The van der Waals surface area contributed by atoms with Gasteiger partial charge in [0, 0.05) is 20.2 Å². The second-order valence-corrected chi connectivity index (χ2v) is 3.82. The van der Waals surface area contributed by atoms with Crippen LogP contribution in [0.2, 0.25) is 0 Å². The highest BCUT2D eigenvalue weighted by atomic mass is 16.5. The Kier molecular flexibility index (Phi) is 5.99. The Morgan fingerprint density at radius 1 is 1.62 bits per heavy atom. The van der Waals surface area contributed by atoms with Crippen molar-refractivity contribution in [3.8, 4) is 0 Å². The van der Waals surface area contributed by atoms with Crippen LogP contribution < -0.4 is 11.1 Å². The minimum atomic E-state index is 0.324. The minimum absolute atomic E-state index is 0.324. The summed E-state index contributed by atoms with van der Waals surface area (Å²) in [6.45, 7) is 2.11. The van der Waals surface area contributed by atoms with Gasteiger partial charge in [-0.1, -0.05) is 0 Å². The Hall–Kier alpha value is -0.980. The summed E-state index contributed by atoms with van der Waals surface area (Å²) in [4.78, 5) is 0. The molecule has 1 unspecified atom stereocenters. The molecule has 0 aliphatic rings. The van der Waals surface area contributed by atoms with Gasteiger partial charge in [0.1, 0.15) is 12.2 Å². The van der Waals surface area contributed by atoms with Crippen LogP contribution in [-0.4, -0.2) is 41.1 Å². The molecule has 0 aliphatic heterocycles. The van der Waals surface area contributed by atoms with Crippen molar-refractivity contribution < 1.29 is 4.74 Å². The highest BCUT2D eigenvalue weighted by Gasteiger charge is 2.08. The number of aryl methyl sites for hydroxylation is 1. The highest BCUT2D eigenvalue weighted by Crippen LogP contribution is 1.99. The fourth-order valence-corrected chi connectivity index (χ4v) is 1.51. The van der Waals surface area contributed by atoms with E-state index in [1.165, 1.54) is 0 Å². The van der Waals surface area contributed by atoms with Gasteiger partial charge in [-0.2, -0.15) is 0 Å². The van der Waals surface area contributed by atoms with E-state index in [1.54, 1.807) is 13.4 Å². The molecule has 0 aliphatic carbocycles. The first-order valence-corrected chi connectivity index (χ1v) is 5.53. The molecule has 0 saturated carbocycles. The van der Waals surface area contributed by atoms with Gasteiger partial charge in [0.15, 0.2) is 0 Å². The van der Waals surface area contributed by atoms with E-state index in [-0.39, 0.29) is 0 Å². The first-order chi connectivity index (χ1) is 7.77. The molecule has 0 bridgehead atoms. The molecule has 0 aromatic carbocycles. The molecule has 6 nitrogen and oxygen atoms in total. The lowest BCUT2D eigenvalue weighted by Gasteiger charge is -2.17. The van der Waals surface area contributed by atoms with Crippen LogP contribution in [0.15, 0.2) is 6.33 Å². The zero-order valence-corrected chi connectivity index (χ0v) is 10.0. The second kappa shape index (κ2) is 7.32. The van der Waals surface area contributed by atoms with Gasteiger partial charge in [0.05, 0.1) is 13.2 Å². The first-order valence-electron chi connectivity index (χ1n) is 5.53. The number of nitrogens with two attached hydrogens (primary N) is 1. The summed E-state index contributed by atoms with van der Waals surface area (Å²) in [5, 5.41) is 11.2. The van der Waals surface area contributed by atoms with Crippen LogP contribution in [0.1, 0.15) is 18.7 Å². The molecule has 1 heterocycles. The molecule has 1 aromatic heterocycles. The lowest BCUT2D eigenvalue weighted by molar-refractivity contribution is 0.160. The van der Waals surface area contributed by atoms with Crippen molar-refractivity contribution >= 4 is 0 Å². The number of hydrogen-bond donors (Lipinski definition) is 2. The minimum Gasteiger partial charge on any atom is -0.383 e. The molecule has 3 N–H and O–H groups in total. The summed E-state index contributed by atoms with van der Waals surface area (Å²) in [5.41, 5.74) is 5.49. The van der Waals surface area contributed by atoms with Crippen molar-refractivity contribution in [1.82, 2.24) is 20.1 Å². The molecular formula is C10H21N5O. The zero-order chi connectivity index (χ0) is 11.8. The van der Waals surface area contributed by atoms with Gasteiger partial charge in [0.25, 0.3) is 0 Å². The number of nitrogens with zero attached hydrogens (tertiary/aromatic N) is 3. The van der Waals surface area contributed by atoms with Crippen molar-refractivity contribution in [3.05, 3.63) is 12.2 Å². The topological polar surface area (TPSA) is 78.0 Å². The number of rotatable bonds is 8. The Bertz CT molecular complexity index is 288. The Balaban J connectivity index is 2.34. The Morgan fingerprint density at radius 2 is 2.44 bits per heavy atom. The molecule has 0 radical (unpaired) electrons. The summed E-state index contributed by atoms with van der Waals surface area (Å²) in [5.74, 6) is 0.925. The lowest BCUT2D eigenvalue weighted by atomic mass is 10.1. The molecule has 92 valence electrons. The van der Waals surface area contributed by atoms with Gasteiger partial charge in [-0.3, -0.25) is 0 Å². The van der Waals surface area contributed by atoms with Crippen molar-refractivity contribution in [1.29, 1.82) is 0 Å². The second-order valence-electron chi connectivity index (χ2n) is 3.82. The fourth-order valence-electron chi connectivity index (χ4n) is 1.51. The molecule has 0 amide bonds. The average molecular weight is 227 g/mol. The predicted octanol–water partition coefficient (Wildman–Crippen LogP) is -0.341. The maximum Gasteiger partial charge on any atom is 0.146 e. The zero-order valence-electron chi connectivity index (χ0n) is 10.0. The summed E-state index contributed by atoms with van der Waals surface area (Å²) >= 11 is 0. The van der Waals surface area contributed by atoms with E-state index >= 15 is 0 Å². The van der Waals surface area contributed by atoms with Crippen LogP contribution in [0.4, 0.5) is 0 Å². The summed E-state index contributed by atoms with van der Waals surface area (Å²) in [6.07, 6.45) is 3.71. The van der Waals surface area contributed by atoms with E-state index < -0.39 is 0 Å². The normalized spacial score (nSPS) is 12.9. The van der Waals surface area contributed by atoms with Crippen molar-refractivity contribution in [3.63, 3.8) is 0 Å². The molecule has 0 spiro atoms. The van der Waals surface area contributed by atoms with Gasteiger partial charge in [0.2, 0.25) is 0 Å². The molecular weight excluding hydrogens is 206 g/mol. The number of aromatic nitrogens is 3. The monoisotopic (exact) mass is 227 g/mol. The maximum absolute atomic E-state index is 5.49. The van der Waals surface area contributed by atoms with Crippen LogP contribution in [-0.2, 0) is 18.3 Å². The summed E-state index contributed by atoms with van der Waals surface area (Å²) in [6, 6.07) is 0.324. The number of ether oxygens (including phenoxy) is 1. The van der Waals surface area contributed by atoms with Crippen molar-refractivity contribution in [2.75, 3.05) is 20.3 Å². The van der Waals surface area contributed by atoms with E-state index in [4.69, 9.17) is 10.5 Å². The van der Waals surface area contributed by atoms with Gasteiger partial charge in [-0.05, 0) is 19.4 Å². The third-order valence-corrected chi connectivity index (χ3v) is 2.48. The number of hydrogen-bond acceptors (Lipinski definition) is 5. The maximum atomic E-state index is 5.49. The standard InChI is InChI=1S/C10H21N5O/c1-15-8-13-14-10(15)6-12-9(7-16-2)4-3-5-11/h8-9,12H,3-7,11H2,1-2H3. The quantitative estimate of drug-likeness (QED) is 0.635. The molecule has 1 aromatic rings. The number of nitrogens with one attached hydrogen (secondary N) is 1. The third-order valence-electron chi connectivity index (χ3n) is 2.48. The van der Waals surface area contributed by atoms with Crippen LogP contribution >= 0.6 is 0 Å². The lowest BCUT2D eigenvalue weighted by Crippen LogP contribution is -2.34.